The van der Waals surface area contributed by atoms with Gasteiger partial charge in [-0.2, -0.15) is 0 Å². The van der Waals surface area contributed by atoms with Gasteiger partial charge in [-0.15, -0.1) is 0 Å². The van der Waals surface area contributed by atoms with Crippen LogP contribution in [0.3, 0.4) is 0 Å². The van der Waals surface area contributed by atoms with Gasteiger partial charge in [-0.3, -0.25) is 14.2 Å². The van der Waals surface area contributed by atoms with Crippen LogP contribution in [0.2, 0.25) is 0 Å². The maximum absolute atomic E-state index is 12.9. The molecule has 0 spiro atoms. The normalized spacial score (nSPS) is 11.0. The number of carbonyl (C=O) groups is 2. The molecule has 2 amide bonds. The lowest BCUT2D eigenvalue weighted by molar-refractivity contribution is 0.0944. The average Bonchev–Trinajstić information content (AvgIpc) is 3.09. The van der Waals surface area contributed by atoms with Crippen LogP contribution in [0.5, 0.6) is 0 Å². The number of imidazole rings is 1. The maximum atomic E-state index is 12.9. The second-order valence-corrected chi connectivity index (χ2v) is 7.66. The van der Waals surface area contributed by atoms with Gasteiger partial charge in [0.05, 0.1) is 22.3 Å². The Labute approximate surface area is 180 Å². The zero-order chi connectivity index (χ0) is 22.0. The fourth-order valence-corrected chi connectivity index (χ4v) is 3.57. The van der Waals surface area contributed by atoms with Crippen LogP contribution in [0.1, 0.15) is 40.4 Å². The Morgan fingerprint density at radius 2 is 1.61 bits per heavy atom. The van der Waals surface area contributed by atoms with E-state index in [0.717, 1.165) is 22.5 Å². The lowest BCUT2D eigenvalue weighted by atomic mass is 10.1. The first-order valence-corrected chi connectivity index (χ1v) is 10.2. The number of aryl methyl sites for hydroxylation is 1. The van der Waals surface area contributed by atoms with E-state index in [0.29, 0.717) is 16.8 Å². The van der Waals surface area contributed by atoms with Crippen molar-refractivity contribution in [1.82, 2.24) is 14.9 Å². The molecule has 4 aromatic rings. The van der Waals surface area contributed by atoms with Gasteiger partial charge >= 0.3 is 0 Å². The second kappa shape index (κ2) is 8.44. The van der Waals surface area contributed by atoms with Gasteiger partial charge in [0.25, 0.3) is 11.8 Å². The minimum Gasteiger partial charge on any atom is -0.350 e. The van der Waals surface area contributed by atoms with E-state index >= 15 is 0 Å². The molecule has 0 saturated carbocycles. The molecule has 4 rings (SSSR count). The summed E-state index contributed by atoms with van der Waals surface area (Å²) >= 11 is 0. The van der Waals surface area contributed by atoms with Gasteiger partial charge in [0.1, 0.15) is 5.82 Å². The van der Waals surface area contributed by atoms with Crippen LogP contribution < -0.4 is 10.6 Å². The van der Waals surface area contributed by atoms with Gasteiger partial charge < -0.3 is 10.6 Å². The number of rotatable bonds is 5. The minimum atomic E-state index is -0.293. The number of carbonyl (C=O) groups excluding carboxylic acids is 2. The third-order valence-corrected chi connectivity index (χ3v) is 4.94. The molecule has 0 unspecified atom stereocenters. The fraction of sp³-hybridized carbons (Fsp3) is 0.160. The number of para-hydroxylation sites is 2. The average molecular weight is 412 g/mol. The molecule has 0 bridgehead atoms. The van der Waals surface area contributed by atoms with Crippen molar-refractivity contribution < 1.29 is 9.59 Å². The molecule has 0 atom stereocenters. The van der Waals surface area contributed by atoms with E-state index in [9.17, 15) is 9.59 Å². The van der Waals surface area contributed by atoms with Crippen molar-refractivity contribution in [3.05, 3.63) is 89.7 Å². The highest BCUT2D eigenvalue weighted by Crippen LogP contribution is 2.23. The molecule has 0 radical (unpaired) electrons. The highest BCUT2D eigenvalue weighted by atomic mass is 16.2. The molecule has 0 fully saturated rings. The van der Waals surface area contributed by atoms with Crippen molar-refractivity contribution in [3.8, 4) is 5.69 Å². The number of nitrogens with zero attached hydrogens (tertiary/aromatic N) is 2. The summed E-state index contributed by atoms with van der Waals surface area (Å²) in [6, 6.07) is 22.4. The number of hydrogen-bond acceptors (Lipinski definition) is 3. The molecule has 6 heteroatoms. The van der Waals surface area contributed by atoms with Gasteiger partial charge in [-0.25, -0.2) is 4.98 Å². The van der Waals surface area contributed by atoms with Crippen molar-refractivity contribution in [2.45, 2.75) is 26.8 Å². The standard InChI is InChI=1S/C25H24N4O2/c1-16(2)26-25(31)20-11-7-8-12-21(20)28-24(30)18-13-14-23-22(15-18)27-17(3)29(23)19-9-5-4-6-10-19/h4-16H,1-3H3,(H,26,31)(H,28,30). The first kappa shape index (κ1) is 20.3. The molecule has 0 saturated heterocycles. The molecule has 3 aromatic carbocycles. The largest absolute Gasteiger partial charge is 0.350 e. The fourth-order valence-electron chi connectivity index (χ4n) is 3.57. The predicted molar refractivity (Wildman–Crippen MR) is 123 cm³/mol. The lowest BCUT2D eigenvalue weighted by Gasteiger charge is -2.13. The number of benzene rings is 3. The Morgan fingerprint density at radius 3 is 2.35 bits per heavy atom. The Bertz CT molecular complexity index is 1260. The Balaban J connectivity index is 1.64. The molecule has 0 aliphatic heterocycles. The smallest absolute Gasteiger partial charge is 0.255 e. The van der Waals surface area contributed by atoms with Crippen molar-refractivity contribution in [2.75, 3.05) is 5.32 Å². The summed E-state index contributed by atoms with van der Waals surface area (Å²) in [7, 11) is 0. The molecule has 31 heavy (non-hydrogen) atoms. The van der Waals surface area contributed by atoms with Crippen LogP contribution in [0, 0.1) is 6.92 Å². The van der Waals surface area contributed by atoms with Gasteiger partial charge in [-0.1, -0.05) is 30.3 Å². The summed E-state index contributed by atoms with van der Waals surface area (Å²) in [5, 5.41) is 5.72. The molecule has 1 heterocycles. The highest BCUT2D eigenvalue weighted by Gasteiger charge is 2.16. The second-order valence-electron chi connectivity index (χ2n) is 7.66. The number of aromatic nitrogens is 2. The third-order valence-electron chi connectivity index (χ3n) is 4.94. The number of amides is 2. The molecule has 1 aromatic heterocycles. The van der Waals surface area contributed by atoms with Crippen LogP contribution in [0.25, 0.3) is 16.7 Å². The summed E-state index contributed by atoms with van der Waals surface area (Å²) in [6.45, 7) is 5.73. The first-order valence-electron chi connectivity index (χ1n) is 10.2. The number of anilines is 1. The minimum absolute atomic E-state index is 0.00151. The number of nitrogens with one attached hydrogen (secondary N) is 2. The van der Waals surface area contributed by atoms with E-state index in [4.69, 9.17) is 0 Å². The monoisotopic (exact) mass is 412 g/mol. The van der Waals surface area contributed by atoms with Gasteiger partial charge in [-0.05, 0) is 63.2 Å². The summed E-state index contributed by atoms with van der Waals surface area (Å²) in [5.74, 6) is 0.326. The molecular weight excluding hydrogens is 388 g/mol. The van der Waals surface area contributed by atoms with Crippen LogP contribution in [0.15, 0.2) is 72.8 Å². The number of fused-ring (bicyclic) bond motifs is 1. The quantitative estimate of drug-likeness (QED) is 0.498. The van der Waals surface area contributed by atoms with Crippen LogP contribution in [-0.2, 0) is 0 Å². The summed E-state index contributed by atoms with van der Waals surface area (Å²) in [5.41, 5.74) is 4.05. The van der Waals surface area contributed by atoms with Crippen molar-refractivity contribution in [1.29, 1.82) is 0 Å². The summed E-state index contributed by atoms with van der Waals surface area (Å²) in [6.07, 6.45) is 0. The lowest BCUT2D eigenvalue weighted by Crippen LogP contribution is -2.31. The third kappa shape index (κ3) is 4.19. The molecule has 6 nitrogen and oxygen atoms in total. The molecule has 2 N–H and O–H groups in total. The predicted octanol–water partition coefficient (Wildman–Crippen LogP) is 4.72. The van der Waals surface area contributed by atoms with E-state index < -0.39 is 0 Å². The molecule has 0 aliphatic carbocycles. The first-order chi connectivity index (χ1) is 14.9. The Kier molecular flexibility index (Phi) is 5.54. The van der Waals surface area contributed by atoms with Gasteiger partial charge in [0, 0.05) is 17.3 Å². The molecular formula is C25H24N4O2. The van der Waals surface area contributed by atoms with Crippen LogP contribution >= 0.6 is 0 Å². The maximum Gasteiger partial charge on any atom is 0.255 e. The van der Waals surface area contributed by atoms with Gasteiger partial charge in [0.15, 0.2) is 0 Å². The van der Waals surface area contributed by atoms with E-state index in [1.54, 1.807) is 36.4 Å². The zero-order valence-electron chi connectivity index (χ0n) is 17.7. The van der Waals surface area contributed by atoms with E-state index in [1.165, 1.54) is 0 Å². The topological polar surface area (TPSA) is 76.0 Å². The Morgan fingerprint density at radius 1 is 0.903 bits per heavy atom. The van der Waals surface area contributed by atoms with Gasteiger partial charge in [0.2, 0.25) is 0 Å². The Hall–Kier alpha value is -3.93. The SMILES string of the molecule is Cc1nc2cc(C(=O)Nc3ccccc3C(=O)NC(C)C)ccc2n1-c1ccccc1. The van der Waals surface area contributed by atoms with Crippen molar-refractivity contribution in [2.24, 2.45) is 0 Å². The van der Waals surface area contributed by atoms with Crippen molar-refractivity contribution in [3.63, 3.8) is 0 Å². The van der Waals surface area contributed by atoms with Crippen molar-refractivity contribution >= 4 is 28.5 Å². The van der Waals surface area contributed by atoms with E-state index in [-0.39, 0.29) is 17.9 Å². The highest BCUT2D eigenvalue weighted by molar-refractivity contribution is 6.10. The summed E-state index contributed by atoms with van der Waals surface area (Å²) in [4.78, 5) is 30.0. The summed E-state index contributed by atoms with van der Waals surface area (Å²) < 4.78 is 2.06. The van der Waals surface area contributed by atoms with E-state index in [2.05, 4.69) is 20.2 Å². The van der Waals surface area contributed by atoms with Crippen LogP contribution in [-0.4, -0.2) is 27.4 Å². The van der Waals surface area contributed by atoms with Crippen LogP contribution in [0.4, 0.5) is 5.69 Å². The molecule has 156 valence electrons. The zero-order valence-corrected chi connectivity index (χ0v) is 17.7. The van der Waals surface area contributed by atoms with E-state index in [1.807, 2.05) is 57.2 Å². The molecule has 0 aliphatic rings. The number of hydrogen-bond donors (Lipinski definition) is 2.